The van der Waals surface area contributed by atoms with Crippen molar-refractivity contribution in [2.75, 3.05) is 0 Å². The molecule has 4 heteroatoms. The van der Waals surface area contributed by atoms with Crippen molar-refractivity contribution >= 4 is 22.3 Å². The average Bonchev–Trinajstić information content (AvgIpc) is 2.51. The van der Waals surface area contributed by atoms with E-state index < -0.39 is 0 Å². The Hall–Kier alpha value is -3.14. The summed E-state index contributed by atoms with van der Waals surface area (Å²) < 4.78 is 0. The number of phenols is 2. The molecule has 0 amide bonds. The zero-order valence-corrected chi connectivity index (χ0v) is 11.3. The molecule has 0 heterocycles. The van der Waals surface area contributed by atoms with Crippen molar-refractivity contribution in [2.45, 2.75) is 0 Å². The molecule has 0 bridgehead atoms. The lowest BCUT2D eigenvalue weighted by Crippen LogP contribution is -2.20. The zero-order chi connectivity index (χ0) is 15.4. The Kier molecular flexibility index (Phi) is 2.39. The van der Waals surface area contributed by atoms with Gasteiger partial charge < -0.3 is 10.2 Å². The topological polar surface area (TPSA) is 74.6 Å². The lowest BCUT2D eigenvalue weighted by Gasteiger charge is -2.18. The Morgan fingerprint density at radius 2 is 1.09 bits per heavy atom. The average molecular weight is 290 g/mol. The van der Waals surface area contributed by atoms with E-state index in [4.69, 9.17) is 0 Å². The first-order valence-electron chi connectivity index (χ1n) is 6.74. The van der Waals surface area contributed by atoms with Gasteiger partial charge in [-0.3, -0.25) is 9.59 Å². The van der Waals surface area contributed by atoms with Crippen LogP contribution in [0.5, 0.6) is 11.5 Å². The lowest BCUT2D eigenvalue weighted by molar-refractivity contribution is 0.0979. The van der Waals surface area contributed by atoms with Gasteiger partial charge >= 0.3 is 0 Å². The van der Waals surface area contributed by atoms with E-state index in [1.54, 1.807) is 24.3 Å². The molecule has 0 saturated carbocycles. The summed E-state index contributed by atoms with van der Waals surface area (Å²) in [6.07, 6.45) is 0. The van der Waals surface area contributed by atoms with Crippen LogP contribution in [0.3, 0.4) is 0 Å². The fourth-order valence-corrected chi connectivity index (χ4v) is 2.87. The molecule has 0 radical (unpaired) electrons. The van der Waals surface area contributed by atoms with Crippen LogP contribution in [0, 0.1) is 0 Å². The molecule has 3 aromatic rings. The van der Waals surface area contributed by atoms with E-state index in [0.29, 0.717) is 16.5 Å². The van der Waals surface area contributed by atoms with Gasteiger partial charge in [0.1, 0.15) is 11.5 Å². The van der Waals surface area contributed by atoms with E-state index in [9.17, 15) is 19.8 Å². The van der Waals surface area contributed by atoms with Gasteiger partial charge in [0.25, 0.3) is 0 Å². The Morgan fingerprint density at radius 1 is 0.545 bits per heavy atom. The number of carbonyl (C=O) groups excluding carboxylic acids is 2. The lowest BCUT2D eigenvalue weighted by atomic mass is 9.82. The van der Waals surface area contributed by atoms with Crippen LogP contribution in [-0.2, 0) is 0 Å². The minimum absolute atomic E-state index is 0.0472. The maximum absolute atomic E-state index is 12.6. The second-order valence-corrected chi connectivity index (χ2v) is 5.32. The van der Waals surface area contributed by atoms with Crippen molar-refractivity contribution in [3.8, 4) is 11.5 Å². The van der Waals surface area contributed by atoms with Crippen molar-refractivity contribution < 1.29 is 19.8 Å². The van der Waals surface area contributed by atoms with E-state index >= 15 is 0 Å². The van der Waals surface area contributed by atoms with Crippen molar-refractivity contribution in [3.63, 3.8) is 0 Å². The third-order valence-corrected chi connectivity index (χ3v) is 3.94. The van der Waals surface area contributed by atoms with Crippen molar-refractivity contribution in [1.82, 2.24) is 0 Å². The third-order valence-electron chi connectivity index (χ3n) is 3.94. The molecule has 0 saturated heterocycles. The first-order chi connectivity index (χ1) is 10.5. The largest absolute Gasteiger partial charge is 0.508 e. The van der Waals surface area contributed by atoms with Gasteiger partial charge in [0.15, 0.2) is 11.6 Å². The molecule has 0 aromatic heterocycles. The molecule has 0 fully saturated rings. The normalized spacial score (nSPS) is 13.1. The first-order valence-corrected chi connectivity index (χ1v) is 6.74. The van der Waals surface area contributed by atoms with Gasteiger partial charge in [-0.25, -0.2) is 0 Å². The fraction of sp³-hybridized carbons (Fsp3) is 0. The molecule has 1 aliphatic carbocycles. The summed E-state index contributed by atoms with van der Waals surface area (Å²) in [5, 5.41) is 20.6. The molecular weight excluding hydrogens is 280 g/mol. The molecule has 0 atom stereocenters. The van der Waals surface area contributed by atoms with Crippen LogP contribution < -0.4 is 0 Å². The Bertz CT molecular complexity index is 986. The highest BCUT2D eigenvalue weighted by Gasteiger charge is 2.30. The molecule has 0 aliphatic heterocycles. The number of aromatic hydroxyl groups is 2. The van der Waals surface area contributed by atoms with Crippen molar-refractivity contribution in [2.24, 2.45) is 0 Å². The number of fused-ring (bicyclic) bond motifs is 3. The van der Waals surface area contributed by atoms with Gasteiger partial charge in [0, 0.05) is 22.3 Å². The maximum Gasteiger partial charge on any atom is 0.194 e. The molecule has 1 aliphatic rings. The number of hydrogen-bond donors (Lipinski definition) is 2. The number of hydrogen-bond acceptors (Lipinski definition) is 4. The molecule has 2 N–H and O–H groups in total. The van der Waals surface area contributed by atoms with Gasteiger partial charge in [-0.2, -0.15) is 0 Å². The molecule has 22 heavy (non-hydrogen) atoms. The number of benzene rings is 3. The zero-order valence-electron chi connectivity index (χ0n) is 11.3. The summed E-state index contributed by atoms with van der Waals surface area (Å²) in [5.41, 5.74) is 1.15. The summed E-state index contributed by atoms with van der Waals surface area (Å²) in [6.45, 7) is 0. The van der Waals surface area contributed by atoms with Gasteiger partial charge in [-0.1, -0.05) is 6.07 Å². The van der Waals surface area contributed by atoms with Gasteiger partial charge in [-0.05, 0) is 53.2 Å². The van der Waals surface area contributed by atoms with Crippen LogP contribution in [0.25, 0.3) is 10.8 Å². The molecule has 0 spiro atoms. The van der Waals surface area contributed by atoms with Gasteiger partial charge in [0.2, 0.25) is 0 Å². The van der Waals surface area contributed by atoms with Crippen LogP contribution in [0.2, 0.25) is 0 Å². The predicted molar refractivity (Wildman–Crippen MR) is 80.6 cm³/mol. The molecule has 4 nitrogen and oxygen atoms in total. The highest BCUT2D eigenvalue weighted by atomic mass is 16.3. The summed E-state index contributed by atoms with van der Waals surface area (Å²) in [4.78, 5) is 25.2. The van der Waals surface area contributed by atoms with Gasteiger partial charge in [0.05, 0.1) is 0 Å². The molecule has 0 unspecified atom stereocenters. The summed E-state index contributed by atoms with van der Waals surface area (Å²) in [6, 6.07) is 12.2. The fourth-order valence-electron chi connectivity index (χ4n) is 2.87. The molecule has 106 valence electrons. The Morgan fingerprint density at radius 3 is 1.86 bits per heavy atom. The monoisotopic (exact) mass is 290 g/mol. The SMILES string of the molecule is O=C1c2cc(O)ccc2C(=O)c2cc3cc(O)ccc3cc21. The second-order valence-electron chi connectivity index (χ2n) is 5.32. The third kappa shape index (κ3) is 1.64. The Balaban J connectivity index is 2.04. The summed E-state index contributed by atoms with van der Waals surface area (Å²) in [7, 11) is 0. The number of ketones is 2. The highest BCUT2D eigenvalue weighted by molar-refractivity contribution is 6.29. The quantitative estimate of drug-likeness (QED) is 0.522. The van der Waals surface area contributed by atoms with E-state index in [-0.39, 0.29) is 34.2 Å². The van der Waals surface area contributed by atoms with Crippen molar-refractivity contribution in [3.05, 3.63) is 70.8 Å². The van der Waals surface area contributed by atoms with Crippen LogP contribution >= 0.6 is 0 Å². The number of carbonyl (C=O) groups is 2. The molecule has 3 aromatic carbocycles. The minimum atomic E-state index is -0.282. The standard InChI is InChI=1S/C18H10O4/c19-11-2-1-9-6-14-15(7-10(9)5-11)17(21)13-4-3-12(20)8-16(13)18(14)22/h1-8,19-20H. The molecular formula is C18H10O4. The number of rotatable bonds is 0. The van der Waals surface area contributed by atoms with E-state index in [2.05, 4.69) is 0 Å². The smallest absolute Gasteiger partial charge is 0.194 e. The van der Waals surface area contributed by atoms with E-state index in [1.807, 2.05) is 0 Å². The maximum atomic E-state index is 12.6. The second kappa shape index (κ2) is 4.18. The Labute approximate surface area is 125 Å². The highest BCUT2D eigenvalue weighted by Crippen LogP contribution is 2.33. The molecule has 4 rings (SSSR count). The summed E-state index contributed by atoms with van der Waals surface area (Å²) in [5.74, 6) is -0.480. The van der Waals surface area contributed by atoms with Crippen LogP contribution in [0.15, 0.2) is 48.5 Å². The van der Waals surface area contributed by atoms with Gasteiger partial charge in [-0.15, -0.1) is 0 Å². The van der Waals surface area contributed by atoms with Crippen molar-refractivity contribution in [1.29, 1.82) is 0 Å². The number of phenolic OH excluding ortho intramolecular Hbond substituents is 2. The van der Waals surface area contributed by atoms with Crippen LogP contribution in [0.1, 0.15) is 31.8 Å². The van der Waals surface area contributed by atoms with E-state index in [1.165, 1.54) is 24.3 Å². The van der Waals surface area contributed by atoms with E-state index in [0.717, 1.165) is 5.39 Å². The predicted octanol–water partition coefficient (Wildman–Crippen LogP) is 3.03. The van der Waals surface area contributed by atoms with Crippen LogP contribution in [0.4, 0.5) is 0 Å². The summed E-state index contributed by atoms with van der Waals surface area (Å²) >= 11 is 0. The minimum Gasteiger partial charge on any atom is -0.508 e. The van der Waals surface area contributed by atoms with Crippen LogP contribution in [-0.4, -0.2) is 21.8 Å². The first kappa shape index (κ1) is 12.6.